The van der Waals surface area contributed by atoms with Crippen LogP contribution in [0.1, 0.15) is 44.4 Å². The van der Waals surface area contributed by atoms with Crippen LogP contribution in [0.5, 0.6) is 0 Å². The van der Waals surface area contributed by atoms with E-state index in [1.165, 1.54) is 17.8 Å². The van der Waals surface area contributed by atoms with Crippen molar-refractivity contribution in [2.24, 2.45) is 5.92 Å². The lowest BCUT2D eigenvalue weighted by atomic mass is 10.0. The van der Waals surface area contributed by atoms with Crippen molar-refractivity contribution in [3.05, 3.63) is 53.6 Å². The number of benzene rings is 2. The fraction of sp³-hybridized carbons (Fsp3) is 0.381. The van der Waals surface area contributed by atoms with Crippen molar-refractivity contribution in [2.75, 3.05) is 11.6 Å². The van der Waals surface area contributed by atoms with Gasteiger partial charge in [-0.25, -0.2) is 13.1 Å². The number of sulfonamides is 1. The van der Waals surface area contributed by atoms with E-state index >= 15 is 0 Å². The molecule has 152 valence electrons. The lowest BCUT2D eigenvalue weighted by Crippen LogP contribution is -2.28. The summed E-state index contributed by atoms with van der Waals surface area (Å²) in [5.74, 6) is -0.344. The summed E-state index contributed by atoms with van der Waals surface area (Å²) >= 11 is 1.46. The molecule has 0 radical (unpaired) electrons. The van der Waals surface area contributed by atoms with Crippen LogP contribution < -0.4 is 10.0 Å². The molecule has 0 aromatic heterocycles. The molecule has 7 heteroatoms. The van der Waals surface area contributed by atoms with Crippen LogP contribution in [0.25, 0.3) is 0 Å². The van der Waals surface area contributed by atoms with Crippen LogP contribution in [-0.4, -0.2) is 20.6 Å². The number of aryl methyl sites for hydroxylation is 1. The molecule has 2 aromatic carbocycles. The van der Waals surface area contributed by atoms with E-state index in [4.69, 9.17) is 0 Å². The SMILES string of the molecule is CCC(NS(=O)(=O)c1ccc(SC)c(NC(=O)C(C)C)c1)c1ccc(C)cc1. The Morgan fingerprint density at radius 2 is 1.75 bits per heavy atom. The molecule has 0 aliphatic heterocycles. The average molecular weight is 421 g/mol. The summed E-state index contributed by atoms with van der Waals surface area (Å²) in [5.41, 5.74) is 2.56. The topological polar surface area (TPSA) is 75.3 Å². The highest BCUT2D eigenvalue weighted by Crippen LogP contribution is 2.29. The third kappa shape index (κ3) is 5.59. The Kier molecular flexibility index (Phi) is 7.69. The average Bonchev–Trinajstić information content (AvgIpc) is 2.66. The van der Waals surface area contributed by atoms with Gasteiger partial charge in [0.1, 0.15) is 0 Å². The summed E-state index contributed by atoms with van der Waals surface area (Å²) in [4.78, 5) is 13.0. The Morgan fingerprint density at radius 1 is 1.11 bits per heavy atom. The lowest BCUT2D eigenvalue weighted by molar-refractivity contribution is -0.118. The second-order valence-corrected chi connectivity index (χ2v) is 9.56. The molecule has 2 rings (SSSR count). The number of carbonyl (C=O) groups is 1. The van der Waals surface area contributed by atoms with Crippen molar-refractivity contribution < 1.29 is 13.2 Å². The van der Waals surface area contributed by atoms with Crippen LogP contribution in [0, 0.1) is 12.8 Å². The number of anilines is 1. The molecule has 1 atom stereocenters. The maximum atomic E-state index is 13.0. The van der Waals surface area contributed by atoms with Gasteiger partial charge in [-0.15, -0.1) is 11.8 Å². The predicted molar refractivity (Wildman–Crippen MR) is 116 cm³/mol. The molecular formula is C21H28N2O3S2. The van der Waals surface area contributed by atoms with Gasteiger partial charge in [0.15, 0.2) is 0 Å². The minimum absolute atomic E-state index is 0.134. The molecular weight excluding hydrogens is 392 g/mol. The highest BCUT2D eigenvalue weighted by molar-refractivity contribution is 7.98. The molecule has 0 saturated carbocycles. The van der Waals surface area contributed by atoms with Gasteiger partial charge < -0.3 is 5.32 Å². The summed E-state index contributed by atoms with van der Waals surface area (Å²) < 4.78 is 28.8. The molecule has 0 bridgehead atoms. The number of hydrogen-bond acceptors (Lipinski definition) is 4. The Bertz CT molecular complexity index is 923. The van der Waals surface area contributed by atoms with E-state index in [9.17, 15) is 13.2 Å². The van der Waals surface area contributed by atoms with Gasteiger partial charge in [-0.3, -0.25) is 4.79 Å². The standard InChI is InChI=1S/C21H28N2O3S2/c1-6-18(16-9-7-15(4)8-10-16)23-28(25,26)17-11-12-20(27-5)19(13-17)22-21(24)14(2)3/h7-14,18,23H,6H2,1-5H3,(H,22,24). The first-order valence-corrected chi connectivity index (χ1v) is 12.0. The maximum Gasteiger partial charge on any atom is 0.241 e. The van der Waals surface area contributed by atoms with Gasteiger partial charge in [0.2, 0.25) is 15.9 Å². The van der Waals surface area contributed by atoms with E-state index in [1.807, 2.05) is 44.4 Å². The van der Waals surface area contributed by atoms with E-state index in [2.05, 4.69) is 10.0 Å². The van der Waals surface area contributed by atoms with Crippen LogP contribution in [0.2, 0.25) is 0 Å². The summed E-state index contributed by atoms with van der Waals surface area (Å²) in [6.07, 6.45) is 2.51. The van der Waals surface area contributed by atoms with Crippen molar-refractivity contribution in [1.82, 2.24) is 4.72 Å². The van der Waals surface area contributed by atoms with Gasteiger partial charge in [-0.2, -0.15) is 0 Å². The smallest absolute Gasteiger partial charge is 0.241 e. The Balaban J connectivity index is 2.33. The third-order valence-corrected chi connectivity index (χ3v) is 6.71. The fourth-order valence-corrected chi connectivity index (χ4v) is 4.54. The Hall–Kier alpha value is -1.83. The third-order valence-electron chi connectivity index (χ3n) is 4.45. The summed E-state index contributed by atoms with van der Waals surface area (Å²) in [5, 5.41) is 2.83. The molecule has 2 aromatic rings. The molecule has 0 fully saturated rings. The first-order valence-electron chi connectivity index (χ1n) is 9.25. The number of amides is 1. The zero-order chi connectivity index (χ0) is 20.9. The highest BCUT2D eigenvalue weighted by Gasteiger charge is 2.22. The second kappa shape index (κ2) is 9.58. The highest BCUT2D eigenvalue weighted by atomic mass is 32.2. The van der Waals surface area contributed by atoms with E-state index < -0.39 is 10.0 Å². The van der Waals surface area contributed by atoms with Gasteiger partial charge in [0.25, 0.3) is 0 Å². The number of hydrogen-bond donors (Lipinski definition) is 2. The van der Waals surface area contributed by atoms with Crippen molar-refractivity contribution in [3.8, 4) is 0 Å². The zero-order valence-corrected chi connectivity index (χ0v) is 18.6. The normalized spacial score (nSPS) is 12.8. The molecule has 2 N–H and O–H groups in total. The molecule has 5 nitrogen and oxygen atoms in total. The van der Waals surface area contributed by atoms with Crippen LogP contribution in [0.3, 0.4) is 0 Å². The molecule has 1 unspecified atom stereocenters. The summed E-state index contributed by atoms with van der Waals surface area (Å²) in [6.45, 7) is 7.53. The largest absolute Gasteiger partial charge is 0.325 e. The number of thioether (sulfide) groups is 1. The number of rotatable bonds is 8. The predicted octanol–water partition coefficient (Wildman–Crippen LogP) is 4.74. The minimum atomic E-state index is -3.74. The first-order chi connectivity index (χ1) is 13.2. The van der Waals surface area contributed by atoms with E-state index in [0.29, 0.717) is 12.1 Å². The Morgan fingerprint density at radius 3 is 2.29 bits per heavy atom. The molecule has 0 aliphatic rings. The van der Waals surface area contributed by atoms with Crippen LogP contribution in [0.4, 0.5) is 5.69 Å². The number of carbonyl (C=O) groups excluding carboxylic acids is 1. The zero-order valence-electron chi connectivity index (χ0n) is 16.9. The van der Waals surface area contributed by atoms with E-state index in [1.54, 1.807) is 26.0 Å². The van der Waals surface area contributed by atoms with Crippen molar-refractivity contribution in [3.63, 3.8) is 0 Å². The molecule has 0 heterocycles. The fourth-order valence-electron chi connectivity index (χ4n) is 2.67. The second-order valence-electron chi connectivity index (χ2n) is 7.00. The van der Waals surface area contributed by atoms with Gasteiger partial charge in [-0.1, -0.05) is 50.6 Å². The maximum absolute atomic E-state index is 13.0. The molecule has 0 spiro atoms. The summed E-state index contributed by atoms with van der Waals surface area (Å²) in [7, 11) is -3.74. The molecule has 0 saturated heterocycles. The first kappa shape index (κ1) is 22.5. The quantitative estimate of drug-likeness (QED) is 0.605. The van der Waals surface area contributed by atoms with Crippen molar-refractivity contribution in [2.45, 2.75) is 49.9 Å². The lowest BCUT2D eigenvalue weighted by Gasteiger charge is -2.19. The number of nitrogens with one attached hydrogen (secondary N) is 2. The van der Waals surface area contributed by atoms with Gasteiger partial charge in [0, 0.05) is 16.9 Å². The molecule has 0 aliphatic carbocycles. The minimum Gasteiger partial charge on any atom is -0.325 e. The van der Waals surface area contributed by atoms with Crippen molar-refractivity contribution >= 4 is 33.4 Å². The Labute approximate surface area is 172 Å². The van der Waals surface area contributed by atoms with Gasteiger partial charge in [0.05, 0.1) is 10.6 Å². The summed E-state index contributed by atoms with van der Waals surface area (Å²) in [6, 6.07) is 12.3. The van der Waals surface area contributed by atoms with Gasteiger partial charge >= 0.3 is 0 Å². The molecule has 1 amide bonds. The van der Waals surface area contributed by atoms with Gasteiger partial charge in [-0.05, 0) is 43.4 Å². The van der Waals surface area contributed by atoms with Crippen molar-refractivity contribution in [1.29, 1.82) is 0 Å². The van der Waals surface area contributed by atoms with Crippen LogP contribution >= 0.6 is 11.8 Å². The molecule has 28 heavy (non-hydrogen) atoms. The monoisotopic (exact) mass is 420 g/mol. The van der Waals surface area contributed by atoms with E-state index in [0.717, 1.165) is 16.0 Å². The van der Waals surface area contributed by atoms with E-state index in [-0.39, 0.29) is 22.8 Å². The van der Waals surface area contributed by atoms with Crippen LogP contribution in [0.15, 0.2) is 52.3 Å². The van der Waals surface area contributed by atoms with Crippen LogP contribution in [-0.2, 0) is 14.8 Å².